The van der Waals surface area contributed by atoms with E-state index in [9.17, 15) is 9.90 Å². The number of rotatable bonds is 4. The van der Waals surface area contributed by atoms with Gasteiger partial charge in [0, 0.05) is 21.7 Å². The van der Waals surface area contributed by atoms with Crippen LogP contribution in [0.3, 0.4) is 0 Å². The number of ether oxygens (including phenoxy) is 1. The Hall–Kier alpha value is -1.44. The van der Waals surface area contributed by atoms with Crippen LogP contribution in [-0.2, 0) is 21.7 Å². The van der Waals surface area contributed by atoms with Crippen LogP contribution in [0.2, 0.25) is 0 Å². The van der Waals surface area contributed by atoms with Crippen molar-refractivity contribution in [2.45, 2.75) is 38.0 Å². The Bertz CT molecular complexity index is 840. The van der Waals surface area contributed by atoms with Gasteiger partial charge in [0.05, 0.1) is 18.3 Å². The lowest BCUT2D eigenvalue weighted by molar-refractivity contribution is -0.146. The number of nitrogens with zero attached hydrogens (tertiary/aromatic N) is 1. The molecule has 2 aliphatic rings. The largest absolute Gasteiger partial charge is 0.396 e. The molecule has 4 nitrogen and oxygen atoms in total. The maximum absolute atomic E-state index is 13.6. The minimum Gasteiger partial charge on any atom is -0.396 e. The predicted molar refractivity (Wildman–Crippen MR) is 109 cm³/mol. The van der Waals surface area contributed by atoms with Gasteiger partial charge in [0.25, 0.3) is 5.91 Å². The molecule has 5 heteroatoms. The highest BCUT2D eigenvalue weighted by atomic mass is 127. The lowest BCUT2D eigenvalue weighted by Gasteiger charge is -2.28. The van der Waals surface area contributed by atoms with Crippen molar-refractivity contribution in [3.63, 3.8) is 0 Å². The van der Waals surface area contributed by atoms with Crippen molar-refractivity contribution in [2.24, 2.45) is 5.92 Å². The number of aliphatic hydroxyl groups is 1. The normalized spacial score (nSPS) is 27.3. The summed E-state index contributed by atoms with van der Waals surface area (Å²) in [7, 11) is 0. The highest BCUT2D eigenvalue weighted by Crippen LogP contribution is 2.53. The number of halogens is 1. The number of benzene rings is 2. The Morgan fingerprint density at radius 3 is 2.85 bits per heavy atom. The van der Waals surface area contributed by atoms with E-state index in [1.165, 1.54) is 0 Å². The number of para-hydroxylation sites is 1. The van der Waals surface area contributed by atoms with Gasteiger partial charge in [-0.2, -0.15) is 0 Å². The molecule has 0 saturated carbocycles. The third kappa shape index (κ3) is 2.77. The molecule has 1 spiro atoms. The SMILES string of the molecule is C[C@@H]1C[C@H](CCO)O[C@@]12C(=O)N(Cc1cccc(I)c1)c1ccccc12. The lowest BCUT2D eigenvalue weighted by atomic mass is 9.83. The first-order valence-electron chi connectivity index (χ1n) is 9.01. The molecule has 136 valence electrons. The number of carbonyl (C=O) groups excluding carboxylic acids is 1. The highest BCUT2D eigenvalue weighted by Gasteiger charge is 2.59. The summed E-state index contributed by atoms with van der Waals surface area (Å²) in [6.07, 6.45) is 1.28. The van der Waals surface area contributed by atoms with E-state index in [1.54, 1.807) is 0 Å². The lowest BCUT2D eigenvalue weighted by Crippen LogP contribution is -2.43. The zero-order valence-electron chi connectivity index (χ0n) is 14.7. The van der Waals surface area contributed by atoms with E-state index < -0.39 is 5.60 Å². The quantitative estimate of drug-likeness (QED) is 0.702. The predicted octanol–water partition coefficient (Wildman–Crippen LogP) is 3.84. The van der Waals surface area contributed by atoms with Crippen molar-refractivity contribution in [2.75, 3.05) is 11.5 Å². The van der Waals surface area contributed by atoms with Gasteiger partial charge in [0.1, 0.15) is 0 Å². The van der Waals surface area contributed by atoms with E-state index in [-0.39, 0.29) is 24.5 Å². The number of hydrogen-bond donors (Lipinski definition) is 1. The number of amides is 1. The maximum Gasteiger partial charge on any atom is 0.264 e. The van der Waals surface area contributed by atoms with Crippen molar-refractivity contribution < 1.29 is 14.6 Å². The van der Waals surface area contributed by atoms with Gasteiger partial charge in [-0.3, -0.25) is 4.79 Å². The second-order valence-electron chi connectivity index (χ2n) is 7.16. The van der Waals surface area contributed by atoms with Crippen molar-refractivity contribution in [3.05, 3.63) is 63.2 Å². The van der Waals surface area contributed by atoms with Crippen LogP contribution in [0.1, 0.15) is 30.9 Å². The summed E-state index contributed by atoms with van der Waals surface area (Å²) < 4.78 is 7.50. The second kappa shape index (κ2) is 6.94. The molecule has 2 aromatic rings. The molecular weight excluding hydrogens is 441 g/mol. The number of carbonyl (C=O) groups is 1. The van der Waals surface area contributed by atoms with Crippen LogP contribution in [-0.4, -0.2) is 23.7 Å². The molecule has 4 rings (SSSR count). The van der Waals surface area contributed by atoms with Crippen LogP contribution in [0.4, 0.5) is 5.69 Å². The molecule has 0 radical (unpaired) electrons. The molecule has 2 aromatic carbocycles. The summed E-state index contributed by atoms with van der Waals surface area (Å²) >= 11 is 2.29. The monoisotopic (exact) mass is 463 g/mol. The Kier molecular flexibility index (Phi) is 4.79. The van der Waals surface area contributed by atoms with Gasteiger partial charge in [-0.1, -0.05) is 37.3 Å². The average molecular weight is 463 g/mol. The molecule has 2 aliphatic heterocycles. The van der Waals surface area contributed by atoms with E-state index in [4.69, 9.17) is 4.74 Å². The zero-order valence-corrected chi connectivity index (χ0v) is 16.8. The fourth-order valence-electron chi connectivity index (χ4n) is 4.32. The van der Waals surface area contributed by atoms with Crippen molar-refractivity contribution in [1.29, 1.82) is 0 Å². The van der Waals surface area contributed by atoms with Crippen LogP contribution in [0.15, 0.2) is 48.5 Å². The Labute approximate surface area is 167 Å². The Morgan fingerprint density at radius 1 is 1.27 bits per heavy atom. The standard InChI is InChI=1S/C21H22INO3/c1-14-11-17(9-10-24)26-21(14)18-7-2-3-8-19(18)23(20(21)25)13-15-5-4-6-16(22)12-15/h2-8,12,14,17,24H,9-11,13H2,1H3/t14-,17+,21+/m1/s1. The van der Waals surface area contributed by atoms with Crippen LogP contribution in [0, 0.1) is 9.49 Å². The molecule has 0 unspecified atom stereocenters. The molecule has 0 aromatic heterocycles. The van der Waals surface area contributed by atoms with Crippen LogP contribution < -0.4 is 4.90 Å². The zero-order chi connectivity index (χ0) is 18.3. The van der Waals surface area contributed by atoms with Crippen LogP contribution >= 0.6 is 22.6 Å². The molecule has 26 heavy (non-hydrogen) atoms. The first-order valence-corrected chi connectivity index (χ1v) is 10.1. The van der Waals surface area contributed by atoms with Gasteiger partial charge in [-0.05, 0) is 59.2 Å². The first-order chi connectivity index (χ1) is 12.6. The molecule has 1 N–H and O–H groups in total. The molecule has 1 saturated heterocycles. The average Bonchev–Trinajstić information content (AvgIpc) is 3.07. The minimum absolute atomic E-state index is 0.0190. The summed E-state index contributed by atoms with van der Waals surface area (Å²) in [6.45, 7) is 2.70. The van der Waals surface area contributed by atoms with Crippen molar-refractivity contribution >= 4 is 34.2 Å². The van der Waals surface area contributed by atoms with Gasteiger partial charge >= 0.3 is 0 Å². The molecule has 0 aliphatic carbocycles. The van der Waals surface area contributed by atoms with Gasteiger partial charge < -0.3 is 14.7 Å². The smallest absolute Gasteiger partial charge is 0.264 e. The molecule has 3 atom stereocenters. The summed E-state index contributed by atoms with van der Waals surface area (Å²) in [4.78, 5) is 15.4. The number of aliphatic hydroxyl groups excluding tert-OH is 1. The summed E-state index contributed by atoms with van der Waals surface area (Å²) in [5.41, 5.74) is 2.09. The second-order valence-corrected chi connectivity index (χ2v) is 8.41. The summed E-state index contributed by atoms with van der Waals surface area (Å²) in [5.74, 6) is 0.0964. The van der Waals surface area contributed by atoms with Crippen LogP contribution in [0.25, 0.3) is 0 Å². The number of fused-ring (bicyclic) bond motifs is 2. The third-order valence-electron chi connectivity index (χ3n) is 5.50. The van der Waals surface area contributed by atoms with Crippen molar-refractivity contribution in [3.8, 4) is 0 Å². The minimum atomic E-state index is -0.918. The third-order valence-corrected chi connectivity index (χ3v) is 6.17. The van der Waals surface area contributed by atoms with E-state index in [2.05, 4.69) is 41.6 Å². The fourth-order valence-corrected chi connectivity index (χ4v) is 4.93. The van der Waals surface area contributed by atoms with Crippen LogP contribution in [0.5, 0.6) is 0 Å². The number of hydrogen-bond acceptors (Lipinski definition) is 3. The van der Waals surface area contributed by atoms with Gasteiger partial charge in [-0.15, -0.1) is 0 Å². The van der Waals surface area contributed by atoms with E-state index in [1.807, 2.05) is 41.3 Å². The molecule has 1 amide bonds. The van der Waals surface area contributed by atoms with Gasteiger partial charge in [-0.25, -0.2) is 0 Å². The van der Waals surface area contributed by atoms with E-state index in [0.717, 1.165) is 26.8 Å². The number of anilines is 1. The topological polar surface area (TPSA) is 49.8 Å². The van der Waals surface area contributed by atoms with E-state index in [0.29, 0.717) is 13.0 Å². The molecule has 0 bridgehead atoms. The van der Waals surface area contributed by atoms with Gasteiger partial charge in [0.2, 0.25) is 0 Å². The first kappa shape index (κ1) is 17.9. The highest BCUT2D eigenvalue weighted by molar-refractivity contribution is 14.1. The van der Waals surface area contributed by atoms with Gasteiger partial charge in [0.15, 0.2) is 5.60 Å². The van der Waals surface area contributed by atoms with E-state index >= 15 is 0 Å². The van der Waals surface area contributed by atoms with Crippen molar-refractivity contribution in [1.82, 2.24) is 0 Å². The summed E-state index contributed by atoms with van der Waals surface area (Å²) in [6, 6.07) is 16.2. The molecule has 1 fully saturated rings. The maximum atomic E-state index is 13.6. The molecular formula is C21H22INO3. The molecule has 2 heterocycles. The fraction of sp³-hybridized carbons (Fsp3) is 0.381. The Morgan fingerprint density at radius 2 is 2.08 bits per heavy atom. The Balaban J connectivity index is 1.74. The summed E-state index contributed by atoms with van der Waals surface area (Å²) in [5, 5.41) is 9.30.